The number of halogens is 1. The van der Waals surface area contributed by atoms with E-state index in [1.807, 2.05) is 13.8 Å². The van der Waals surface area contributed by atoms with Gasteiger partial charge in [-0.2, -0.15) is 0 Å². The third-order valence-corrected chi connectivity index (χ3v) is 5.28. The minimum atomic E-state index is -3.66. The van der Waals surface area contributed by atoms with Crippen LogP contribution in [-0.2, 0) is 16.6 Å². The molecule has 0 fully saturated rings. The monoisotopic (exact) mass is 360 g/mol. The van der Waals surface area contributed by atoms with Crippen molar-refractivity contribution in [2.45, 2.75) is 25.3 Å². The van der Waals surface area contributed by atoms with E-state index >= 15 is 0 Å². The molecular formula is C18H17FN2O3S. The number of nitrogens with zero attached hydrogens (tertiary/aromatic N) is 1. The van der Waals surface area contributed by atoms with Crippen LogP contribution in [0.4, 0.5) is 4.39 Å². The van der Waals surface area contributed by atoms with E-state index in [0.717, 1.165) is 16.8 Å². The molecule has 0 spiro atoms. The molecule has 1 N–H and O–H groups in total. The summed E-state index contributed by atoms with van der Waals surface area (Å²) in [6.07, 6.45) is 0. The van der Waals surface area contributed by atoms with Crippen LogP contribution in [0.2, 0.25) is 0 Å². The summed E-state index contributed by atoms with van der Waals surface area (Å²) in [5, 5.41) is 3.90. The van der Waals surface area contributed by atoms with E-state index in [1.165, 1.54) is 24.3 Å². The Balaban J connectivity index is 1.77. The molecule has 1 heterocycles. The second-order valence-corrected chi connectivity index (χ2v) is 7.44. The van der Waals surface area contributed by atoms with Crippen molar-refractivity contribution in [3.05, 3.63) is 71.4 Å². The molecule has 0 radical (unpaired) electrons. The molecule has 3 aromatic rings. The van der Waals surface area contributed by atoms with Crippen LogP contribution in [0, 0.1) is 19.7 Å². The number of nitrogens with one attached hydrogen (secondary N) is 1. The highest BCUT2D eigenvalue weighted by atomic mass is 32.2. The summed E-state index contributed by atoms with van der Waals surface area (Å²) in [6, 6.07) is 12.2. The summed E-state index contributed by atoms with van der Waals surface area (Å²) < 4.78 is 45.3. The second kappa shape index (κ2) is 6.78. The molecule has 0 aliphatic heterocycles. The summed E-state index contributed by atoms with van der Waals surface area (Å²) in [4.78, 5) is 0.158. The summed E-state index contributed by atoms with van der Waals surface area (Å²) in [6.45, 7) is 3.74. The average molecular weight is 360 g/mol. The van der Waals surface area contributed by atoms with Gasteiger partial charge in [-0.15, -0.1) is 0 Å². The van der Waals surface area contributed by atoms with Crippen LogP contribution in [0.3, 0.4) is 0 Å². The molecular weight excluding hydrogens is 343 g/mol. The summed E-state index contributed by atoms with van der Waals surface area (Å²) >= 11 is 0. The van der Waals surface area contributed by atoms with Gasteiger partial charge in [-0.3, -0.25) is 0 Å². The molecule has 3 rings (SSSR count). The van der Waals surface area contributed by atoms with Gasteiger partial charge in [-0.1, -0.05) is 29.4 Å². The first-order valence-corrected chi connectivity index (χ1v) is 9.12. The third-order valence-electron chi connectivity index (χ3n) is 3.87. The van der Waals surface area contributed by atoms with Crippen LogP contribution in [0.5, 0.6) is 0 Å². The predicted octanol–water partition coefficient (Wildman–Crippen LogP) is 3.58. The van der Waals surface area contributed by atoms with Gasteiger partial charge in [-0.05, 0) is 49.2 Å². The molecule has 5 nitrogen and oxygen atoms in total. The molecule has 1 aromatic heterocycles. The highest BCUT2D eigenvalue weighted by molar-refractivity contribution is 7.89. The Morgan fingerprint density at radius 1 is 1.04 bits per heavy atom. The van der Waals surface area contributed by atoms with Crippen molar-refractivity contribution in [1.29, 1.82) is 0 Å². The number of hydrogen-bond donors (Lipinski definition) is 1. The number of benzene rings is 2. The van der Waals surface area contributed by atoms with E-state index in [4.69, 9.17) is 4.52 Å². The molecule has 7 heteroatoms. The van der Waals surface area contributed by atoms with Gasteiger partial charge >= 0.3 is 0 Å². The zero-order chi connectivity index (χ0) is 18.0. The lowest BCUT2D eigenvalue weighted by Crippen LogP contribution is -2.23. The second-order valence-electron chi connectivity index (χ2n) is 5.67. The smallest absolute Gasteiger partial charge is 0.240 e. The number of hydrogen-bond acceptors (Lipinski definition) is 4. The summed E-state index contributed by atoms with van der Waals surface area (Å²) in [7, 11) is -3.66. The maximum Gasteiger partial charge on any atom is 0.240 e. The Labute approximate surface area is 145 Å². The van der Waals surface area contributed by atoms with E-state index in [9.17, 15) is 12.8 Å². The maximum atomic E-state index is 12.9. The van der Waals surface area contributed by atoms with Gasteiger partial charge in [0.25, 0.3) is 0 Å². The zero-order valence-corrected chi connectivity index (χ0v) is 14.6. The Kier molecular flexibility index (Phi) is 4.69. The highest BCUT2D eigenvalue weighted by Crippen LogP contribution is 2.27. The average Bonchev–Trinajstić information content (AvgIpc) is 2.93. The van der Waals surface area contributed by atoms with Crippen LogP contribution < -0.4 is 4.72 Å². The lowest BCUT2D eigenvalue weighted by molar-refractivity contribution is 0.393. The third kappa shape index (κ3) is 3.78. The van der Waals surface area contributed by atoms with Crippen LogP contribution in [0.15, 0.2) is 57.9 Å². The van der Waals surface area contributed by atoms with Gasteiger partial charge in [-0.25, -0.2) is 17.5 Å². The molecule has 130 valence electrons. The van der Waals surface area contributed by atoms with Crippen molar-refractivity contribution in [2.75, 3.05) is 0 Å². The van der Waals surface area contributed by atoms with Crippen LogP contribution in [0.1, 0.15) is 17.0 Å². The van der Waals surface area contributed by atoms with Crippen molar-refractivity contribution in [3.63, 3.8) is 0 Å². The maximum absolute atomic E-state index is 12.9. The Morgan fingerprint density at radius 2 is 1.68 bits per heavy atom. The molecule has 0 saturated heterocycles. The van der Waals surface area contributed by atoms with Crippen LogP contribution in [-0.4, -0.2) is 13.6 Å². The van der Waals surface area contributed by atoms with Gasteiger partial charge < -0.3 is 4.52 Å². The van der Waals surface area contributed by atoms with Crippen molar-refractivity contribution >= 4 is 10.0 Å². The van der Waals surface area contributed by atoms with E-state index in [-0.39, 0.29) is 17.3 Å². The minimum Gasteiger partial charge on any atom is -0.361 e. The van der Waals surface area contributed by atoms with Gasteiger partial charge in [0.2, 0.25) is 10.0 Å². The lowest BCUT2D eigenvalue weighted by atomic mass is 10.0. The van der Waals surface area contributed by atoms with E-state index in [2.05, 4.69) is 9.88 Å². The van der Waals surface area contributed by atoms with E-state index < -0.39 is 10.0 Å². The molecule has 2 aromatic carbocycles. The topological polar surface area (TPSA) is 72.2 Å². The Bertz CT molecular complexity index is 959. The first-order valence-electron chi connectivity index (χ1n) is 7.64. The van der Waals surface area contributed by atoms with Crippen molar-refractivity contribution < 1.29 is 17.3 Å². The van der Waals surface area contributed by atoms with Gasteiger partial charge in [0.1, 0.15) is 11.6 Å². The molecule has 0 atom stereocenters. The van der Waals surface area contributed by atoms with Crippen molar-refractivity contribution in [1.82, 2.24) is 9.88 Å². The molecule has 0 aliphatic carbocycles. The SMILES string of the molecule is Cc1noc(C)c1-c1ccc(S(=O)(=O)NCc2ccc(F)cc2)cc1. The van der Waals surface area contributed by atoms with Gasteiger partial charge in [0, 0.05) is 12.1 Å². The fourth-order valence-corrected chi connectivity index (χ4v) is 3.58. The van der Waals surface area contributed by atoms with E-state index in [1.54, 1.807) is 24.3 Å². The largest absolute Gasteiger partial charge is 0.361 e. The summed E-state index contributed by atoms with van der Waals surface area (Å²) in [5.74, 6) is 0.323. The molecule has 0 amide bonds. The first kappa shape index (κ1) is 17.3. The fraction of sp³-hybridized carbons (Fsp3) is 0.167. The van der Waals surface area contributed by atoms with E-state index in [0.29, 0.717) is 11.3 Å². The lowest BCUT2D eigenvalue weighted by Gasteiger charge is -2.08. The fourth-order valence-electron chi connectivity index (χ4n) is 2.56. The first-order chi connectivity index (χ1) is 11.9. The van der Waals surface area contributed by atoms with Gasteiger partial charge in [0.05, 0.1) is 10.6 Å². The van der Waals surface area contributed by atoms with Gasteiger partial charge in [0.15, 0.2) is 0 Å². The zero-order valence-electron chi connectivity index (χ0n) is 13.8. The molecule has 0 saturated carbocycles. The number of sulfonamides is 1. The number of rotatable bonds is 5. The normalized spacial score (nSPS) is 11.6. The number of aryl methyl sites for hydroxylation is 2. The van der Waals surface area contributed by atoms with Crippen LogP contribution in [0.25, 0.3) is 11.1 Å². The Hall–Kier alpha value is -2.51. The Morgan fingerprint density at radius 3 is 2.24 bits per heavy atom. The molecule has 0 bridgehead atoms. The minimum absolute atomic E-state index is 0.0915. The number of aromatic nitrogens is 1. The van der Waals surface area contributed by atoms with Crippen molar-refractivity contribution in [3.8, 4) is 11.1 Å². The summed E-state index contributed by atoms with van der Waals surface area (Å²) in [5.41, 5.74) is 3.14. The molecule has 0 aliphatic rings. The quantitative estimate of drug-likeness (QED) is 0.755. The predicted molar refractivity (Wildman–Crippen MR) is 91.8 cm³/mol. The molecule has 25 heavy (non-hydrogen) atoms. The highest BCUT2D eigenvalue weighted by Gasteiger charge is 2.16. The van der Waals surface area contributed by atoms with Crippen molar-refractivity contribution in [2.24, 2.45) is 0 Å². The molecule has 0 unspecified atom stereocenters. The van der Waals surface area contributed by atoms with Crippen LogP contribution >= 0.6 is 0 Å². The standard InChI is InChI=1S/C18H17FN2O3S/c1-12-18(13(2)24-21-12)15-5-9-17(10-6-15)25(22,23)20-11-14-3-7-16(19)8-4-14/h3-10,20H,11H2,1-2H3.